The highest BCUT2D eigenvalue weighted by atomic mass is 16.5. The second-order valence-corrected chi connectivity index (χ2v) is 4.65. The molecule has 1 aromatic carbocycles. The average Bonchev–Trinajstić information content (AvgIpc) is 2.39. The van der Waals surface area contributed by atoms with Crippen LogP contribution in [0.15, 0.2) is 30.3 Å². The number of carboxylic acid groups (broad SMARTS) is 1. The van der Waals surface area contributed by atoms with E-state index in [4.69, 9.17) is 9.84 Å². The van der Waals surface area contributed by atoms with E-state index in [0.29, 0.717) is 12.8 Å². The summed E-state index contributed by atoms with van der Waals surface area (Å²) in [7, 11) is 0. The molecule has 2 rings (SSSR count). The van der Waals surface area contributed by atoms with Gasteiger partial charge in [0.05, 0.1) is 0 Å². The van der Waals surface area contributed by atoms with Gasteiger partial charge in [-0.3, -0.25) is 5.43 Å². The number of amides is 2. The predicted molar refractivity (Wildman–Crippen MR) is 70.9 cm³/mol. The summed E-state index contributed by atoms with van der Waals surface area (Å²) < 4.78 is 5.09. The molecule has 4 N–H and O–H groups in total. The molecule has 7 nitrogen and oxygen atoms in total. The summed E-state index contributed by atoms with van der Waals surface area (Å²) in [5.41, 5.74) is 5.66. The number of carbonyl (C=O) groups excluding carboxylic acids is 1. The fourth-order valence-corrected chi connectivity index (χ4v) is 1.95. The lowest BCUT2D eigenvalue weighted by Gasteiger charge is -2.35. The van der Waals surface area contributed by atoms with E-state index in [1.54, 1.807) is 0 Å². The first-order valence-corrected chi connectivity index (χ1v) is 6.35. The van der Waals surface area contributed by atoms with Crippen LogP contribution in [0.25, 0.3) is 0 Å². The Morgan fingerprint density at radius 1 is 1.20 bits per heavy atom. The van der Waals surface area contributed by atoms with Crippen LogP contribution in [-0.2, 0) is 11.3 Å². The molecule has 1 aliphatic rings. The second kappa shape index (κ2) is 6.76. The highest BCUT2D eigenvalue weighted by Gasteiger charge is 2.30. The van der Waals surface area contributed by atoms with Gasteiger partial charge in [-0.15, -0.1) is 0 Å². The molecule has 0 unspecified atom stereocenters. The number of hydrogen-bond acceptors (Lipinski definition) is 4. The van der Waals surface area contributed by atoms with Gasteiger partial charge >= 0.3 is 12.2 Å². The molecular formula is C13H17N3O4. The molecule has 1 saturated carbocycles. The van der Waals surface area contributed by atoms with Crippen molar-refractivity contribution in [1.29, 1.82) is 0 Å². The number of hydrazine groups is 1. The molecule has 0 spiro atoms. The number of rotatable bonds is 5. The maximum Gasteiger partial charge on any atom is 0.419 e. The van der Waals surface area contributed by atoms with Gasteiger partial charge in [0, 0.05) is 12.1 Å². The predicted octanol–water partition coefficient (Wildman–Crippen LogP) is 1.22. The third-order valence-corrected chi connectivity index (χ3v) is 3.06. The van der Waals surface area contributed by atoms with Gasteiger partial charge in [0.1, 0.15) is 6.61 Å². The van der Waals surface area contributed by atoms with Crippen molar-refractivity contribution in [2.75, 3.05) is 0 Å². The van der Waals surface area contributed by atoms with Crippen molar-refractivity contribution in [3.05, 3.63) is 35.9 Å². The molecule has 1 aliphatic carbocycles. The molecule has 1 fully saturated rings. The van der Waals surface area contributed by atoms with Crippen LogP contribution >= 0.6 is 0 Å². The van der Waals surface area contributed by atoms with Crippen molar-refractivity contribution < 1.29 is 19.4 Å². The summed E-state index contributed by atoms with van der Waals surface area (Å²) in [6.07, 6.45) is -0.242. The van der Waals surface area contributed by atoms with Gasteiger partial charge in [0.25, 0.3) is 0 Å². The van der Waals surface area contributed by atoms with Crippen molar-refractivity contribution in [2.24, 2.45) is 0 Å². The summed E-state index contributed by atoms with van der Waals surface area (Å²) in [5.74, 6) is 0. The molecule has 0 aromatic heterocycles. The van der Waals surface area contributed by atoms with Crippen molar-refractivity contribution in [3.63, 3.8) is 0 Å². The third kappa shape index (κ3) is 4.43. The Kier molecular flexibility index (Phi) is 4.78. The van der Waals surface area contributed by atoms with Crippen molar-refractivity contribution in [1.82, 2.24) is 16.2 Å². The van der Waals surface area contributed by atoms with E-state index in [0.717, 1.165) is 5.56 Å². The first-order valence-electron chi connectivity index (χ1n) is 6.35. The molecule has 0 aliphatic heterocycles. The van der Waals surface area contributed by atoms with E-state index in [2.05, 4.69) is 16.2 Å². The summed E-state index contributed by atoms with van der Waals surface area (Å²) in [5, 5.41) is 11.1. The molecule has 0 saturated heterocycles. The highest BCUT2D eigenvalue weighted by Crippen LogP contribution is 2.19. The first kappa shape index (κ1) is 14.1. The van der Waals surface area contributed by atoms with E-state index < -0.39 is 12.2 Å². The Balaban J connectivity index is 1.59. The lowest BCUT2D eigenvalue weighted by atomic mass is 9.87. The number of hydrogen-bond donors (Lipinski definition) is 4. The van der Waals surface area contributed by atoms with Crippen LogP contribution < -0.4 is 16.2 Å². The Hall–Kier alpha value is -2.28. The zero-order valence-electron chi connectivity index (χ0n) is 10.8. The number of alkyl carbamates (subject to hydrolysis) is 1. The Morgan fingerprint density at radius 2 is 1.90 bits per heavy atom. The number of nitrogens with one attached hydrogen (secondary N) is 3. The second-order valence-electron chi connectivity index (χ2n) is 4.65. The lowest BCUT2D eigenvalue weighted by molar-refractivity contribution is 0.123. The Labute approximate surface area is 116 Å². The van der Waals surface area contributed by atoms with Crippen LogP contribution in [0.3, 0.4) is 0 Å². The maximum atomic E-state index is 11.5. The monoisotopic (exact) mass is 279 g/mol. The van der Waals surface area contributed by atoms with Gasteiger partial charge in [-0.2, -0.15) is 0 Å². The number of carbonyl (C=O) groups is 2. The summed E-state index contributed by atoms with van der Waals surface area (Å²) in [6, 6.07) is 9.50. The Bertz CT molecular complexity index is 460. The largest absolute Gasteiger partial charge is 0.464 e. The van der Waals surface area contributed by atoms with E-state index >= 15 is 0 Å². The van der Waals surface area contributed by atoms with Gasteiger partial charge in [-0.05, 0) is 18.4 Å². The topological polar surface area (TPSA) is 99.7 Å². The summed E-state index contributed by atoms with van der Waals surface area (Å²) in [4.78, 5) is 21.8. The molecule has 20 heavy (non-hydrogen) atoms. The minimum Gasteiger partial charge on any atom is -0.464 e. The zero-order valence-corrected chi connectivity index (χ0v) is 10.8. The van der Waals surface area contributed by atoms with Gasteiger partial charge in [-0.25, -0.2) is 15.0 Å². The molecular weight excluding hydrogens is 262 g/mol. The zero-order chi connectivity index (χ0) is 14.4. The fraction of sp³-hybridized carbons (Fsp3) is 0.385. The number of ether oxygens (including phenoxy) is 1. The molecule has 1 aromatic rings. The van der Waals surface area contributed by atoms with Crippen LogP contribution in [-0.4, -0.2) is 29.4 Å². The molecule has 108 valence electrons. The van der Waals surface area contributed by atoms with E-state index in [1.165, 1.54) is 0 Å². The fourth-order valence-electron chi connectivity index (χ4n) is 1.95. The summed E-state index contributed by atoms with van der Waals surface area (Å²) >= 11 is 0. The van der Waals surface area contributed by atoms with Crippen LogP contribution in [0, 0.1) is 0 Å². The molecule has 7 heteroatoms. The van der Waals surface area contributed by atoms with Crippen LogP contribution in [0.4, 0.5) is 9.59 Å². The van der Waals surface area contributed by atoms with E-state index in [9.17, 15) is 9.59 Å². The van der Waals surface area contributed by atoms with Crippen LogP contribution in [0.2, 0.25) is 0 Å². The molecule has 0 heterocycles. The SMILES string of the molecule is O=C(O)NNC1CC(NC(=O)OCc2ccccc2)C1. The van der Waals surface area contributed by atoms with E-state index in [-0.39, 0.29) is 18.7 Å². The first-order chi connectivity index (χ1) is 9.63. The standard InChI is InChI=1S/C13H17N3O4/c17-12(18)16-15-11-6-10(7-11)14-13(19)20-8-9-4-2-1-3-5-9/h1-5,10-11,15-16H,6-8H2,(H,14,19)(H,17,18). The van der Waals surface area contributed by atoms with Crippen molar-refractivity contribution in [2.45, 2.75) is 31.5 Å². The minimum atomic E-state index is -1.12. The van der Waals surface area contributed by atoms with Crippen molar-refractivity contribution >= 4 is 12.2 Å². The van der Waals surface area contributed by atoms with Crippen molar-refractivity contribution in [3.8, 4) is 0 Å². The number of benzene rings is 1. The van der Waals surface area contributed by atoms with Crippen LogP contribution in [0.1, 0.15) is 18.4 Å². The summed E-state index contributed by atoms with van der Waals surface area (Å²) in [6.45, 7) is 0.238. The van der Waals surface area contributed by atoms with Gasteiger partial charge in [0.15, 0.2) is 0 Å². The smallest absolute Gasteiger partial charge is 0.419 e. The third-order valence-electron chi connectivity index (χ3n) is 3.06. The van der Waals surface area contributed by atoms with Crippen LogP contribution in [0.5, 0.6) is 0 Å². The molecule has 0 radical (unpaired) electrons. The molecule has 2 amide bonds. The lowest BCUT2D eigenvalue weighted by Crippen LogP contribution is -2.56. The van der Waals surface area contributed by atoms with Gasteiger partial charge < -0.3 is 15.2 Å². The quantitative estimate of drug-likeness (QED) is 0.607. The van der Waals surface area contributed by atoms with Gasteiger partial charge in [0.2, 0.25) is 0 Å². The normalized spacial score (nSPS) is 20.6. The minimum absolute atomic E-state index is 0.0198. The highest BCUT2D eigenvalue weighted by molar-refractivity contribution is 5.67. The maximum absolute atomic E-state index is 11.5. The molecule has 0 bridgehead atoms. The average molecular weight is 279 g/mol. The molecule has 0 atom stereocenters. The van der Waals surface area contributed by atoms with E-state index in [1.807, 2.05) is 30.3 Å². The Morgan fingerprint density at radius 3 is 2.55 bits per heavy atom. The van der Waals surface area contributed by atoms with Gasteiger partial charge in [-0.1, -0.05) is 30.3 Å².